The number of hydrogen-bond donors (Lipinski definition) is 1. The Labute approximate surface area is 155 Å². The van der Waals surface area contributed by atoms with E-state index in [-0.39, 0.29) is 11.8 Å². The molecule has 0 aromatic heterocycles. The van der Waals surface area contributed by atoms with Crippen LogP contribution < -0.4 is 5.32 Å². The third-order valence-corrected chi connectivity index (χ3v) is 5.12. The first kappa shape index (κ1) is 18.2. The average Bonchev–Trinajstić information content (AvgIpc) is 2.65. The van der Waals surface area contributed by atoms with E-state index in [4.69, 9.17) is 0 Å². The fraction of sp³-hybridized carbons (Fsp3) is 0.364. The lowest BCUT2D eigenvalue weighted by Crippen LogP contribution is -2.35. The number of piperidine rings is 1. The van der Waals surface area contributed by atoms with Crippen molar-refractivity contribution in [2.45, 2.75) is 40.0 Å². The van der Waals surface area contributed by atoms with Gasteiger partial charge in [0.1, 0.15) is 0 Å². The SMILES string of the molecule is Cc1cc(C)c(C(=O)Nc2ccc(C(=O)N3CCCCC3)cc2)cc1C. The number of aryl methyl sites for hydroxylation is 3. The molecule has 1 N–H and O–H groups in total. The third-order valence-electron chi connectivity index (χ3n) is 5.12. The Hall–Kier alpha value is -2.62. The third kappa shape index (κ3) is 3.96. The normalized spacial score (nSPS) is 14.2. The molecule has 1 aliphatic rings. The molecule has 0 aliphatic carbocycles. The molecule has 0 saturated carbocycles. The van der Waals surface area contributed by atoms with Gasteiger partial charge in [-0.15, -0.1) is 0 Å². The second-order valence-corrected chi connectivity index (χ2v) is 7.14. The van der Waals surface area contributed by atoms with Gasteiger partial charge in [-0.2, -0.15) is 0 Å². The minimum Gasteiger partial charge on any atom is -0.339 e. The molecule has 4 heteroatoms. The van der Waals surface area contributed by atoms with Gasteiger partial charge in [0.25, 0.3) is 11.8 Å². The molecule has 1 saturated heterocycles. The highest BCUT2D eigenvalue weighted by Gasteiger charge is 2.18. The summed E-state index contributed by atoms with van der Waals surface area (Å²) >= 11 is 0. The maximum absolute atomic E-state index is 12.6. The summed E-state index contributed by atoms with van der Waals surface area (Å²) in [7, 11) is 0. The smallest absolute Gasteiger partial charge is 0.255 e. The van der Waals surface area contributed by atoms with Gasteiger partial charge in [0.15, 0.2) is 0 Å². The molecule has 1 heterocycles. The molecule has 2 aromatic carbocycles. The van der Waals surface area contributed by atoms with Crippen LogP contribution >= 0.6 is 0 Å². The number of amides is 2. The van der Waals surface area contributed by atoms with E-state index in [1.807, 2.05) is 37.8 Å². The van der Waals surface area contributed by atoms with Gasteiger partial charge >= 0.3 is 0 Å². The number of nitrogens with one attached hydrogen (secondary N) is 1. The van der Waals surface area contributed by atoms with Gasteiger partial charge in [0, 0.05) is 29.9 Å². The molecule has 1 aliphatic heterocycles. The van der Waals surface area contributed by atoms with E-state index in [0.29, 0.717) is 16.8 Å². The Morgan fingerprint density at radius 1 is 0.846 bits per heavy atom. The molecule has 2 amide bonds. The van der Waals surface area contributed by atoms with Gasteiger partial charge in [0.2, 0.25) is 0 Å². The second-order valence-electron chi connectivity index (χ2n) is 7.14. The van der Waals surface area contributed by atoms with E-state index in [1.54, 1.807) is 24.3 Å². The van der Waals surface area contributed by atoms with Crippen LogP contribution in [0.4, 0.5) is 5.69 Å². The van der Waals surface area contributed by atoms with Crippen molar-refractivity contribution in [2.75, 3.05) is 18.4 Å². The van der Waals surface area contributed by atoms with E-state index in [0.717, 1.165) is 37.1 Å². The zero-order valence-corrected chi connectivity index (χ0v) is 15.8. The number of nitrogens with zero attached hydrogens (tertiary/aromatic N) is 1. The van der Waals surface area contributed by atoms with Crippen molar-refractivity contribution in [3.63, 3.8) is 0 Å². The molecule has 0 unspecified atom stereocenters. The Bertz CT molecular complexity index is 819. The number of carbonyl (C=O) groups excluding carboxylic acids is 2. The fourth-order valence-corrected chi connectivity index (χ4v) is 3.38. The van der Waals surface area contributed by atoms with Crippen molar-refractivity contribution in [3.05, 3.63) is 64.2 Å². The summed E-state index contributed by atoms with van der Waals surface area (Å²) in [5.74, 6) is -0.0479. The largest absolute Gasteiger partial charge is 0.339 e. The first-order chi connectivity index (χ1) is 12.5. The first-order valence-corrected chi connectivity index (χ1v) is 9.24. The van der Waals surface area contributed by atoms with Gasteiger partial charge in [-0.3, -0.25) is 9.59 Å². The zero-order chi connectivity index (χ0) is 18.7. The number of carbonyl (C=O) groups is 2. The molecule has 0 bridgehead atoms. The van der Waals surface area contributed by atoms with Crippen molar-refractivity contribution in [2.24, 2.45) is 0 Å². The molecule has 26 heavy (non-hydrogen) atoms. The van der Waals surface area contributed by atoms with Crippen LogP contribution in [0.1, 0.15) is 56.7 Å². The van der Waals surface area contributed by atoms with Gasteiger partial charge in [0.05, 0.1) is 0 Å². The second kappa shape index (κ2) is 7.73. The molecule has 0 atom stereocenters. The number of rotatable bonds is 3. The van der Waals surface area contributed by atoms with Gasteiger partial charge in [-0.25, -0.2) is 0 Å². The Morgan fingerprint density at radius 2 is 1.46 bits per heavy atom. The monoisotopic (exact) mass is 350 g/mol. The predicted octanol–water partition coefficient (Wildman–Crippen LogP) is 4.49. The molecule has 0 spiro atoms. The van der Waals surface area contributed by atoms with E-state index < -0.39 is 0 Å². The lowest BCUT2D eigenvalue weighted by molar-refractivity contribution is 0.0724. The van der Waals surface area contributed by atoms with Crippen LogP contribution in [-0.2, 0) is 0 Å². The first-order valence-electron chi connectivity index (χ1n) is 9.24. The Balaban J connectivity index is 1.70. The van der Waals surface area contributed by atoms with Crippen LogP contribution in [0.5, 0.6) is 0 Å². The lowest BCUT2D eigenvalue weighted by Gasteiger charge is -2.26. The quantitative estimate of drug-likeness (QED) is 0.886. The molecule has 2 aromatic rings. The Morgan fingerprint density at radius 3 is 2.12 bits per heavy atom. The van der Waals surface area contributed by atoms with Crippen LogP contribution in [0.15, 0.2) is 36.4 Å². The maximum atomic E-state index is 12.6. The minimum atomic E-state index is -0.124. The predicted molar refractivity (Wildman–Crippen MR) is 105 cm³/mol. The highest BCUT2D eigenvalue weighted by molar-refractivity contribution is 6.05. The summed E-state index contributed by atoms with van der Waals surface area (Å²) in [6, 6.07) is 11.1. The molecular formula is C22H26N2O2. The molecule has 3 rings (SSSR count). The van der Waals surface area contributed by atoms with Gasteiger partial charge < -0.3 is 10.2 Å². The van der Waals surface area contributed by atoms with Crippen molar-refractivity contribution < 1.29 is 9.59 Å². The van der Waals surface area contributed by atoms with E-state index in [9.17, 15) is 9.59 Å². The van der Waals surface area contributed by atoms with Crippen LogP contribution in [0, 0.1) is 20.8 Å². The lowest BCUT2D eigenvalue weighted by atomic mass is 10.0. The van der Waals surface area contributed by atoms with E-state index in [1.165, 1.54) is 12.0 Å². The number of hydrogen-bond acceptors (Lipinski definition) is 2. The number of benzene rings is 2. The number of anilines is 1. The standard InChI is InChI=1S/C22H26N2O2/c1-15-13-17(3)20(14-16(15)2)21(25)23-19-9-7-18(8-10-19)22(26)24-11-5-4-6-12-24/h7-10,13-14H,4-6,11-12H2,1-3H3,(H,23,25). The molecule has 0 radical (unpaired) electrons. The highest BCUT2D eigenvalue weighted by Crippen LogP contribution is 2.19. The van der Waals surface area contributed by atoms with E-state index >= 15 is 0 Å². The van der Waals surface area contributed by atoms with Crippen LogP contribution in [0.3, 0.4) is 0 Å². The summed E-state index contributed by atoms with van der Waals surface area (Å²) in [5.41, 5.74) is 5.29. The molecule has 136 valence electrons. The van der Waals surface area contributed by atoms with E-state index in [2.05, 4.69) is 5.32 Å². The fourth-order valence-electron chi connectivity index (χ4n) is 3.38. The Kier molecular flexibility index (Phi) is 5.40. The summed E-state index contributed by atoms with van der Waals surface area (Å²) in [6.07, 6.45) is 3.36. The highest BCUT2D eigenvalue weighted by atomic mass is 16.2. The summed E-state index contributed by atoms with van der Waals surface area (Å²) in [6.45, 7) is 7.67. The topological polar surface area (TPSA) is 49.4 Å². The van der Waals surface area contributed by atoms with Crippen molar-refractivity contribution in [3.8, 4) is 0 Å². The number of likely N-dealkylation sites (tertiary alicyclic amines) is 1. The van der Waals surface area contributed by atoms with Gasteiger partial charge in [-0.1, -0.05) is 6.07 Å². The molecule has 1 fully saturated rings. The molecule has 4 nitrogen and oxygen atoms in total. The van der Waals surface area contributed by atoms with Crippen LogP contribution in [0.2, 0.25) is 0 Å². The summed E-state index contributed by atoms with van der Waals surface area (Å²) in [4.78, 5) is 27.0. The van der Waals surface area contributed by atoms with Crippen molar-refractivity contribution in [1.29, 1.82) is 0 Å². The summed E-state index contributed by atoms with van der Waals surface area (Å²) in [5, 5.41) is 2.93. The van der Waals surface area contributed by atoms with Gasteiger partial charge in [-0.05, 0) is 87.1 Å². The van der Waals surface area contributed by atoms with Crippen LogP contribution in [-0.4, -0.2) is 29.8 Å². The summed E-state index contributed by atoms with van der Waals surface area (Å²) < 4.78 is 0. The zero-order valence-electron chi connectivity index (χ0n) is 15.8. The average molecular weight is 350 g/mol. The maximum Gasteiger partial charge on any atom is 0.255 e. The van der Waals surface area contributed by atoms with Crippen molar-refractivity contribution in [1.82, 2.24) is 4.90 Å². The van der Waals surface area contributed by atoms with Crippen molar-refractivity contribution >= 4 is 17.5 Å². The molecular weight excluding hydrogens is 324 g/mol. The minimum absolute atomic E-state index is 0.0765. The van der Waals surface area contributed by atoms with Crippen LogP contribution in [0.25, 0.3) is 0 Å².